The fourth-order valence-electron chi connectivity index (χ4n) is 6.50. The Bertz CT molecular complexity index is 3050. The third-order valence-corrected chi connectivity index (χ3v) is 11.8. The number of fused-ring (bicyclic) bond motifs is 4. The van der Waals surface area contributed by atoms with Crippen LogP contribution in [0, 0.1) is 0 Å². The van der Waals surface area contributed by atoms with Crippen molar-refractivity contribution in [3.63, 3.8) is 0 Å². The molecule has 0 spiro atoms. The number of carboxylic acid groups (broad SMARTS) is 2. The van der Waals surface area contributed by atoms with Crippen LogP contribution in [-0.2, 0) is 0 Å². The monoisotopic (exact) mass is 918 g/mol. The number of carbonyl (C=O) groups is 4. The lowest BCUT2D eigenvalue weighted by atomic mass is 10.1. The van der Waals surface area contributed by atoms with E-state index in [1.165, 1.54) is 0 Å². The molecule has 0 fully saturated rings. The first-order valence-electron chi connectivity index (χ1n) is 17.7. The predicted molar refractivity (Wildman–Crippen MR) is 234 cm³/mol. The quantitative estimate of drug-likeness (QED) is 0.114. The third-order valence-electron chi connectivity index (χ3n) is 9.25. The normalized spacial score (nSPS) is 11.2. The molecule has 0 unspecified atom stereocenters. The molecule has 0 radical (unpaired) electrons. The molecule has 6 aromatic heterocycles. The minimum absolute atomic E-state index is 0.0254. The van der Waals surface area contributed by atoms with E-state index in [4.69, 9.17) is 29.3 Å². The van der Waals surface area contributed by atoms with Crippen molar-refractivity contribution in [2.24, 2.45) is 0 Å². The highest BCUT2D eigenvalue weighted by Gasteiger charge is 2.26. The summed E-state index contributed by atoms with van der Waals surface area (Å²) in [4.78, 5) is 49.3. The van der Waals surface area contributed by atoms with Crippen LogP contribution in [0.25, 0.3) is 66.5 Å². The van der Waals surface area contributed by atoms with Gasteiger partial charge in [0.2, 0.25) is 0 Å². The summed E-state index contributed by atoms with van der Waals surface area (Å²) < 4.78 is 23.6. The van der Waals surface area contributed by atoms with Crippen molar-refractivity contribution in [2.75, 3.05) is 10.6 Å². The molecular formula is C44H24BrClN2O10S2. The van der Waals surface area contributed by atoms with Crippen molar-refractivity contribution in [3.05, 3.63) is 152 Å². The molecule has 0 atom stereocenters. The van der Waals surface area contributed by atoms with Gasteiger partial charge in [0.15, 0.2) is 11.5 Å². The first-order valence-corrected chi connectivity index (χ1v) is 20.6. The molecule has 10 aromatic rings. The summed E-state index contributed by atoms with van der Waals surface area (Å²) >= 11 is 11.6. The van der Waals surface area contributed by atoms with E-state index >= 15 is 0 Å². The fourth-order valence-corrected chi connectivity index (χ4v) is 8.93. The van der Waals surface area contributed by atoms with Crippen LogP contribution in [0.5, 0.6) is 0 Å². The first-order chi connectivity index (χ1) is 29.0. The zero-order valence-electron chi connectivity index (χ0n) is 30.3. The van der Waals surface area contributed by atoms with E-state index in [9.17, 15) is 29.4 Å². The molecule has 0 bridgehead atoms. The summed E-state index contributed by atoms with van der Waals surface area (Å²) in [5.74, 6) is -2.38. The minimum Gasteiger partial charge on any atom is -0.478 e. The number of furan rings is 4. The maximum absolute atomic E-state index is 12.7. The van der Waals surface area contributed by atoms with Gasteiger partial charge in [-0.25, -0.2) is 9.59 Å². The zero-order chi connectivity index (χ0) is 41.7. The molecule has 4 N–H and O–H groups in total. The summed E-state index contributed by atoms with van der Waals surface area (Å²) in [5, 5.41) is 32.3. The van der Waals surface area contributed by atoms with Gasteiger partial charge >= 0.3 is 11.9 Å². The number of rotatable bonds is 8. The van der Waals surface area contributed by atoms with Crippen LogP contribution in [0.4, 0.5) is 10.0 Å². The number of halogens is 2. The highest BCUT2D eigenvalue weighted by molar-refractivity contribution is 9.10. The number of thiophene rings is 2. The van der Waals surface area contributed by atoms with Crippen molar-refractivity contribution in [1.29, 1.82) is 0 Å². The summed E-state index contributed by atoms with van der Waals surface area (Å²) in [5.41, 5.74) is 3.10. The van der Waals surface area contributed by atoms with Crippen LogP contribution in [0.1, 0.15) is 41.8 Å². The molecule has 0 aliphatic carbocycles. The van der Waals surface area contributed by atoms with Crippen molar-refractivity contribution in [3.8, 4) is 22.6 Å². The predicted octanol–water partition coefficient (Wildman–Crippen LogP) is 13.1. The minimum atomic E-state index is -1.18. The Hall–Kier alpha value is -6.91. The highest BCUT2D eigenvalue weighted by atomic mass is 79.9. The molecule has 4 aromatic carbocycles. The van der Waals surface area contributed by atoms with Crippen LogP contribution >= 0.6 is 50.2 Å². The van der Waals surface area contributed by atoms with E-state index in [0.717, 1.165) is 48.7 Å². The highest BCUT2D eigenvalue weighted by Crippen LogP contribution is 2.40. The van der Waals surface area contributed by atoms with Crippen LogP contribution in [0.3, 0.4) is 0 Å². The van der Waals surface area contributed by atoms with E-state index in [2.05, 4.69) is 26.6 Å². The second-order valence-electron chi connectivity index (χ2n) is 13.1. The number of aromatic carboxylic acids is 2. The fraction of sp³-hybridized carbons (Fsp3) is 0. The zero-order valence-corrected chi connectivity index (χ0v) is 34.3. The molecule has 2 amide bonds. The summed E-state index contributed by atoms with van der Waals surface area (Å²) in [6, 6.07) is 31.9. The van der Waals surface area contributed by atoms with Gasteiger partial charge in [0.1, 0.15) is 55.0 Å². The van der Waals surface area contributed by atoms with Crippen molar-refractivity contribution < 1.29 is 47.1 Å². The number of nitrogens with one attached hydrogen (secondary N) is 2. The number of amides is 2. The second kappa shape index (κ2) is 15.7. The molecule has 0 aliphatic heterocycles. The van der Waals surface area contributed by atoms with Crippen LogP contribution in [0.15, 0.2) is 142 Å². The van der Waals surface area contributed by atoms with Gasteiger partial charge in [-0.2, -0.15) is 0 Å². The molecular weight excluding hydrogens is 896 g/mol. The van der Waals surface area contributed by atoms with E-state index < -0.39 is 23.8 Å². The Balaban J connectivity index is 0.000000154. The molecule has 296 valence electrons. The molecule has 0 aliphatic rings. The number of hydrogen-bond donors (Lipinski definition) is 4. The Morgan fingerprint density at radius 2 is 0.983 bits per heavy atom. The first kappa shape index (κ1) is 38.6. The van der Waals surface area contributed by atoms with Gasteiger partial charge in [-0.05, 0) is 72.8 Å². The van der Waals surface area contributed by atoms with Crippen molar-refractivity contribution >= 4 is 128 Å². The lowest BCUT2D eigenvalue weighted by molar-refractivity contribution is 0.0688. The number of anilines is 2. The van der Waals surface area contributed by atoms with Crippen molar-refractivity contribution in [1.82, 2.24) is 0 Å². The number of carboxylic acids is 2. The van der Waals surface area contributed by atoms with E-state index in [0.29, 0.717) is 50.0 Å². The van der Waals surface area contributed by atoms with Crippen LogP contribution < -0.4 is 10.6 Å². The summed E-state index contributed by atoms with van der Waals surface area (Å²) in [7, 11) is 0. The SMILES string of the molecule is O=C(Nc1scc(-c2cc3cc(Br)ccc3o2)c1C(=O)O)c1cc2ccccc2o1.O=C(Nc1scc(-c2cc3cc(Cl)ccc3o2)c1C(=O)O)c1cc2ccccc2o1. The standard InChI is InChI=1S/C22H12BrNO5S.C22H12ClNO5S/c2*23-13-5-6-16-12(7-13)9-17(28-16)14-10-30-21(19(14)22(26)27)24-20(25)18-8-11-3-1-2-4-15(11)29-18/h2*1-10H,(H,24,25)(H,26,27). The third kappa shape index (κ3) is 7.46. The Kier molecular flexibility index (Phi) is 10.1. The van der Waals surface area contributed by atoms with Gasteiger partial charge in [0.05, 0.1) is 0 Å². The lowest BCUT2D eigenvalue weighted by Gasteiger charge is -2.03. The lowest BCUT2D eigenvalue weighted by Crippen LogP contribution is -2.12. The van der Waals surface area contributed by atoms with Gasteiger partial charge in [-0.1, -0.05) is 63.9 Å². The van der Waals surface area contributed by atoms with Crippen LogP contribution in [-0.4, -0.2) is 34.0 Å². The number of benzene rings is 4. The van der Waals surface area contributed by atoms with Gasteiger partial charge in [0, 0.05) is 52.9 Å². The van der Waals surface area contributed by atoms with Gasteiger partial charge in [0.25, 0.3) is 11.8 Å². The molecule has 0 saturated carbocycles. The topological polar surface area (TPSA) is 185 Å². The maximum atomic E-state index is 12.7. The molecule has 60 heavy (non-hydrogen) atoms. The average Bonchev–Trinajstić information content (AvgIpc) is 4.08. The van der Waals surface area contributed by atoms with E-state index in [-0.39, 0.29) is 32.6 Å². The molecule has 10 rings (SSSR count). The molecule has 12 nitrogen and oxygen atoms in total. The number of para-hydroxylation sites is 2. The Labute approximate surface area is 358 Å². The Morgan fingerprint density at radius 3 is 1.47 bits per heavy atom. The molecule has 16 heteroatoms. The number of hydrogen-bond acceptors (Lipinski definition) is 10. The van der Waals surface area contributed by atoms with Gasteiger partial charge in [-0.15, -0.1) is 22.7 Å². The summed E-state index contributed by atoms with van der Waals surface area (Å²) in [6.07, 6.45) is 0. The maximum Gasteiger partial charge on any atom is 0.339 e. The van der Waals surface area contributed by atoms with E-state index in [1.807, 2.05) is 48.5 Å². The second-order valence-corrected chi connectivity index (χ2v) is 16.2. The van der Waals surface area contributed by atoms with Gasteiger partial charge in [-0.3, -0.25) is 9.59 Å². The van der Waals surface area contributed by atoms with Gasteiger partial charge < -0.3 is 38.5 Å². The summed E-state index contributed by atoms with van der Waals surface area (Å²) in [6.45, 7) is 0. The molecule has 6 heterocycles. The van der Waals surface area contributed by atoms with Crippen molar-refractivity contribution in [2.45, 2.75) is 0 Å². The largest absolute Gasteiger partial charge is 0.478 e. The smallest absolute Gasteiger partial charge is 0.339 e. The Morgan fingerprint density at radius 1 is 0.533 bits per heavy atom. The van der Waals surface area contributed by atoms with Crippen LogP contribution in [0.2, 0.25) is 5.02 Å². The average molecular weight is 920 g/mol. The molecule has 0 saturated heterocycles. The number of carbonyl (C=O) groups excluding carboxylic acids is 2. The van der Waals surface area contributed by atoms with E-state index in [1.54, 1.807) is 71.4 Å².